The zero-order valence-electron chi connectivity index (χ0n) is 8.14. The average Bonchev–Trinajstić information content (AvgIpc) is 2.77. The van der Waals surface area contributed by atoms with Gasteiger partial charge in [-0.05, 0) is 34.1 Å². The maximum atomic E-state index is 12.1. The average molecular weight is 356 g/mol. The minimum absolute atomic E-state index is 0.0803. The highest BCUT2D eigenvalue weighted by Crippen LogP contribution is 2.32. The van der Waals surface area contributed by atoms with E-state index in [0.717, 1.165) is 4.09 Å². The Morgan fingerprint density at radius 2 is 1.94 bits per heavy atom. The SMILES string of the molecule is O=S(=O)(c1cc(Cl)c(Br)cc1Cl)n1cccn1. The molecule has 0 spiro atoms. The fraction of sp³-hybridized carbons (Fsp3) is 0. The molecule has 1 aromatic carbocycles. The van der Waals surface area contributed by atoms with Crippen LogP contribution in [0.2, 0.25) is 10.0 Å². The molecular formula is C9H5BrCl2N2O2S. The molecule has 0 aliphatic heterocycles. The van der Waals surface area contributed by atoms with Crippen LogP contribution in [0.15, 0.2) is 40.0 Å². The van der Waals surface area contributed by atoms with Crippen LogP contribution in [0.5, 0.6) is 0 Å². The van der Waals surface area contributed by atoms with Gasteiger partial charge in [0.2, 0.25) is 0 Å². The first-order valence-electron chi connectivity index (χ1n) is 4.32. The summed E-state index contributed by atoms with van der Waals surface area (Å²) in [6.45, 7) is 0. The normalized spacial score (nSPS) is 11.7. The van der Waals surface area contributed by atoms with Crippen LogP contribution in [-0.2, 0) is 10.0 Å². The number of hydrogen-bond donors (Lipinski definition) is 0. The van der Waals surface area contributed by atoms with E-state index in [1.165, 1.54) is 30.6 Å². The molecule has 4 nitrogen and oxygen atoms in total. The molecule has 0 N–H and O–H groups in total. The van der Waals surface area contributed by atoms with E-state index in [9.17, 15) is 8.42 Å². The lowest BCUT2D eigenvalue weighted by molar-refractivity contribution is 0.580. The van der Waals surface area contributed by atoms with E-state index >= 15 is 0 Å². The highest BCUT2D eigenvalue weighted by atomic mass is 79.9. The first kappa shape index (κ1) is 12.9. The first-order chi connectivity index (χ1) is 7.93. The van der Waals surface area contributed by atoms with Gasteiger partial charge in [0.25, 0.3) is 10.0 Å². The molecule has 1 heterocycles. The lowest BCUT2D eigenvalue weighted by Crippen LogP contribution is -2.14. The van der Waals surface area contributed by atoms with E-state index in [2.05, 4.69) is 21.0 Å². The summed E-state index contributed by atoms with van der Waals surface area (Å²) in [6.07, 6.45) is 2.69. The maximum Gasteiger partial charge on any atom is 0.284 e. The Bertz CT molecular complexity index is 656. The Labute approximate surface area is 116 Å². The van der Waals surface area contributed by atoms with Gasteiger partial charge in [0.05, 0.1) is 16.2 Å². The van der Waals surface area contributed by atoms with Crippen LogP contribution in [0.4, 0.5) is 0 Å². The van der Waals surface area contributed by atoms with Crippen molar-refractivity contribution in [1.29, 1.82) is 0 Å². The molecule has 2 aromatic rings. The summed E-state index contributed by atoms with van der Waals surface area (Å²) in [5.74, 6) is 0. The monoisotopic (exact) mass is 354 g/mol. The molecule has 0 radical (unpaired) electrons. The molecule has 0 amide bonds. The second-order valence-corrected chi connectivity index (χ2v) is 6.51. The third-order valence-electron chi connectivity index (χ3n) is 1.98. The van der Waals surface area contributed by atoms with E-state index in [1.54, 1.807) is 0 Å². The molecule has 0 saturated heterocycles. The third kappa shape index (κ3) is 2.35. The Morgan fingerprint density at radius 1 is 1.24 bits per heavy atom. The third-order valence-corrected chi connectivity index (χ3v) is 5.20. The zero-order valence-corrected chi connectivity index (χ0v) is 12.1. The molecule has 0 fully saturated rings. The highest BCUT2D eigenvalue weighted by molar-refractivity contribution is 9.10. The molecular weight excluding hydrogens is 351 g/mol. The summed E-state index contributed by atoms with van der Waals surface area (Å²) >= 11 is 14.9. The predicted octanol–water partition coefficient (Wildman–Crippen LogP) is 3.19. The number of rotatable bonds is 2. The van der Waals surface area contributed by atoms with Gasteiger partial charge in [-0.1, -0.05) is 23.2 Å². The first-order valence-corrected chi connectivity index (χ1v) is 7.31. The van der Waals surface area contributed by atoms with Crippen LogP contribution < -0.4 is 0 Å². The quantitative estimate of drug-likeness (QED) is 0.777. The molecule has 0 bridgehead atoms. The van der Waals surface area contributed by atoms with Gasteiger partial charge in [-0.15, -0.1) is 0 Å². The van der Waals surface area contributed by atoms with Gasteiger partial charge >= 0.3 is 0 Å². The summed E-state index contributed by atoms with van der Waals surface area (Å²) in [5, 5.41) is 4.02. The second kappa shape index (κ2) is 4.61. The molecule has 90 valence electrons. The molecule has 8 heteroatoms. The van der Waals surface area contributed by atoms with Crippen molar-refractivity contribution in [2.75, 3.05) is 0 Å². The summed E-state index contributed by atoms with van der Waals surface area (Å²) in [5.41, 5.74) is 0. The van der Waals surface area contributed by atoms with Crippen LogP contribution in [0.25, 0.3) is 0 Å². The van der Waals surface area contributed by atoms with E-state index in [4.69, 9.17) is 23.2 Å². The second-order valence-electron chi connectivity index (χ2n) is 3.08. The highest BCUT2D eigenvalue weighted by Gasteiger charge is 2.22. The van der Waals surface area contributed by atoms with Crippen molar-refractivity contribution in [2.45, 2.75) is 4.90 Å². The van der Waals surface area contributed by atoms with Crippen LogP contribution in [0.3, 0.4) is 0 Å². The van der Waals surface area contributed by atoms with E-state index < -0.39 is 10.0 Å². The molecule has 0 aliphatic carbocycles. The topological polar surface area (TPSA) is 52.0 Å². The van der Waals surface area contributed by atoms with Gasteiger partial charge in [0, 0.05) is 10.7 Å². The predicted molar refractivity (Wildman–Crippen MR) is 69.0 cm³/mol. The van der Waals surface area contributed by atoms with Crippen LogP contribution in [0, 0.1) is 0 Å². The van der Waals surface area contributed by atoms with Crippen molar-refractivity contribution in [2.24, 2.45) is 0 Å². The molecule has 1 aromatic heterocycles. The van der Waals surface area contributed by atoms with Gasteiger partial charge in [0.15, 0.2) is 0 Å². The van der Waals surface area contributed by atoms with Crippen LogP contribution in [0.1, 0.15) is 0 Å². The summed E-state index contributed by atoms with van der Waals surface area (Å²) in [6, 6.07) is 4.22. The van der Waals surface area contributed by atoms with Crippen molar-refractivity contribution in [1.82, 2.24) is 9.19 Å². The number of hydrogen-bond acceptors (Lipinski definition) is 3. The summed E-state index contributed by atoms with van der Waals surface area (Å²) < 4.78 is 25.6. The van der Waals surface area contributed by atoms with Crippen molar-refractivity contribution in [3.8, 4) is 0 Å². The van der Waals surface area contributed by atoms with Crippen molar-refractivity contribution in [3.05, 3.63) is 45.1 Å². The molecule has 0 aliphatic rings. The van der Waals surface area contributed by atoms with Crippen LogP contribution in [-0.4, -0.2) is 17.6 Å². The van der Waals surface area contributed by atoms with Gasteiger partial charge < -0.3 is 0 Å². The lowest BCUT2D eigenvalue weighted by atomic mass is 10.4. The fourth-order valence-corrected chi connectivity index (χ4v) is 3.54. The van der Waals surface area contributed by atoms with Crippen molar-refractivity contribution < 1.29 is 8.42 Å². The van der Waals surface area contributed by atoms with Gasteiger partial charge in [-0.2, -0.15) is 17.6 Å². The number of nitrogens with zero attached hydrogens (tertiary/aromatic N) is 2. The van der Waals surface area contributed by atoms with E-state index in [0.29, 0.717) is 4.47 Å². The Kier molecular flexibility index (Phi) is 3.49. The smallest absolute Gasteiger partial charge is 0.199 e. The standard InChI is InChI=1S/C9H5BrCl2N2O2S/c10-6-4-8(12)9(5-7(6)11)17(15,16)14-3-1-2-13-14/h1-5H. The van der Waals surface area contributed by atoms with Crippen LogP contribution >= 0.6 is 39.1 Å². The summed E-state index contributed by atoms with van der Waals surface area (Å²) in [4.78, 5) is -0.0870. The molecule has 0 unspecified atom stereocenters. The Balaban J connectivity index is 2.67. The van der Waals surface area contributed by atoms with Gasteiger partial charge in [-0.3, -0.25) is 0 Å². The molecule has 0 atom stereocenters. The van der Waals surface area contributed by atoms with E-state index in [1.807, 2.05) is 0 Å². The molecule has 2 rings (SSSR count). The van der Waals surface area contributed by atoms with Crippen molar-refractivity contribution in [3.63, 3.8) is 0 Å². The Morgan fingerprint density at radius 3 is 2.53 bits per heavy atom. The number of aromatic nitrogens is 2. The number of halogens is 3. The number of benzene rings is 1. The lowest BCUT2D eigenvalue weighted by Gasteiger charge is -2.07. The Hall–Kier alpha value is -0.560. The van der Waals surface area contributed by atoms with Gasteiger partial charge in [-0.25, -0.2) is 0 Å². The fourth-order valence-electron chi connectivity index (χ4n) is 1.20. The zero-order chi connectivity index (χ0) is 12.6. The summed E-state index contributed by atoms with van der Waals surface area (Å²) in [7, 11) is -3.80. The molecule has 0 saturated carbocycles. The largest absolute Gasteiger partial charge is 0.284 e. The van der Waals surface area contributed by atoms with Gasteiger partial charge in [0.1, 0.15) is 4.90 Å². The minimum Gasteiger partial charge on any atom is -0.199 e. The molecule has 17 heavy (non-hydrogen) atoms. The minimum atomic E-state index is -3.80. The maximum absolute atomic E-state index is 12.1. The van der Waals surface area contributed by atoms with Crippen molar-refractivity contribution >= 4 is 49.2 Å². The van der Waals surface area contributed by atoms with E-state index in [-0.39, 0.29) is 14.9 Å².